The van der Waals surface area contributed by atoms with Gasteiger partial charge in [0.25, 0.3) is 0 Å². The molecule has 1 heterocycles. The molecule has 0 saturated heterocycles. The van der Waals surface area contributed by atoms with E-state index in [0.717, 1.165) is 21.8 Å². The van der Waals surface area contributed by atoms with E-state index in [1.165, 1.54) is 11.8 Å². The van der Waals surface area contributed by atoms with E-state index >= 15 is 0 Å². The highest BCUT2D eigenvalue weighted by Gasteiger charge is 2.36. The molecule has 28 heavy (non-hydrogen) atoms. The maximum absolute atomic E-state index is 11.9. The van der Waals surface area contributed by atoms with Crippen LogP contribution in [0.1, 0.15) is 24.1 Å². The number of methoxy groups -OCH3 is 1. The Morgan fingerprint density at radius 1 is 1.18 bits per heavy atom. The minimum absolute atomic E-state index is 0.475. The number of carboxylic acid groups (broad SMARTS) is 1. The van der Waals surface area contributed by atoms with Crippen LogP contribution in [0.15, 0.2) is 63.4 Å². The monoisotopic (exact) mass is 414 g/mol. The molecule has 0 saturated carbocycles. The fraction of sp³-hybridized carbons (Fsp3) is 0.286. The molecule has 1 N–H and O–H groups in total. The zero-order chi connectivity index (χ0) is 20.1. The zero-order valence-corrected chi connectivity index (χ0v) is 17.6. The molecule has 2 aromatic carbocycles. The van der Waals surface area contributed by atoms with Gasteiger partial charge in [-0.25, -0.2) is 4.99 Å². The Morgan fingerprint density at radius 2 is 1.89 bits per heavy atom. The number of nitrogens with zero attached hydrogens (tertiary/aromatic N) is 2. The van der Waals surface area contributed by atoms with Crippen molar-refractivity contribution in [1.29, 1.82) is 0 Å². The Balaban J connectivity index is 1.87. The van der Waals surface area contributed by atoms with Crippen LogP contribution in [0, 0.1) is 5.92 Å². The van der Waals surface area contributed by atoms with E-state index in [1.807, 2.05) is 54.8 Å². The number of carbonyl (C=O) groups is 1. The molecule has 1 aliphatic rings. The molecule has 1 aliphatic heterocycles. The Kier molecular flexibility index (Phi) is 6.80. The first kappa shape index (κ1) is 20.5. The summed E-state index contributed by atoms with van der Waals surface area (Å²) in [5.41, 5.74) is 2.64. The molecule has 0 spiro atoms. The van der Waals surface area contributed by atoms with Gasteiger partial charge in [0.2, 0.25) is 0 Å². The molecular weight excluding hydrogens is 392 g/mol. The van der Waals surface area contributed by atoms with Crippen LogP contribution >= 0.6 is 23.5 Å². The first-order valence-electron chi connectivity index (χ1n) is 8.78. The highest BCUT2D eigenvalue weighted by Crippen LogP contribution is 2.37. The van der Waals surface area contributed by atoms with Crippen molar-refractivity contribution in [2.24, 2.45) is 15.9 Å². The lowest BCUT2D eigenvalue weighted by Gasteiger charge is -2.26. The first-order valence-corrected chi connectivity index (χ1v) is 11.0. The van der Waals surface area contributed by atoms with Crippen LogP contribution in [-0.2, 0) is 10.5 Å². The summed E-state index contributed by atoms with van der Waals surface area (Å²) in [7, 11) is 1.64. The van der Waals surface area contributed by atoms with Crippen LogP contribution in [0.3, 0.4) is 0 Å². The molecule has 5 nitrogen and oxygen atoms in total. The predicted octanol–water partition coefficient (Wildman–Crippen LogP) is 4.92. The summed E-state index contributed by atoms with van der Waals surface area (Å²) in [6, 6.07) is 15.2. The van der Waals surface area contributed by atoms with Crippen LogP contribution < -0.4 is 4.74 Å². The van der Waals surface area contributed by atoms with E-state index in [4.69, 9.17) is 9.73 Å². The third-order valence-electron chi connectivity index (χ3n) is 4.54. The van der Waals surface area contributed by atoms with Gasteiger partial charge in [0.1, 0.15) is 11.7 Å². The van der Waals surface area contributed by atoms with Crippen LogP contribution in [-0.4, -0.2) is 35.3 Å². The molecule has 2 aromatic rings. The van der Waals surface area contributed by atoms with Crippen LogP contribution in [0.2, 0.25) is 0 Å². The smallest absolute Gasteiger partial charge is 0.314 e. The second-order valence-electron chi connectivity index (χ2n) is 6.30. The average Bonchev–Trinajstić information content (AvgIpc) is 2.71. The number of amidine groups is 1. The minimum atomic E-state index is -0.898. The first-order chi connectivity index (χ1) is 13.5. The van der Waals surface area contributed by atoms with E-state index in [1.54, 1.807) is 25.8 Å². The highest BCUT2D eigenvalue weighted by molar-refractivity contribution is 8.13. The largest absolute Gasteiger partial charge is 0.497 e. The molecule has 146 valence electrons. The Morgan fingerprint density at radius 3 is 2.54 bits per heavy atom. The maximum Gasteiger partial charge on any atom is 0.314 e. The lowest BCUT2D eigenvalue weighted by molar-refractivity contribution is -0.140. The number of hydrogen-bond acceptors (Lipinski definition) is 6. The van der Waals surface area contributed by atoms with E-state index in [-0.39, 0.29) is 0 Å². The lowest BCUT2D eigenvalue weighted by atomic mass is 9.89. The number of aliphatic imine (C=N–C) groups is 2. The summed E-state index contributed by atoms with van der Waals surface area (Å²) in [4.78, 5) is 22.2. The van der Waals surface area contributed by atoms with Gasteiger partial charge in [-0.05, 0) is 42.5 Å². The molecule has 3 rings (SSSR count). The summed E-state index contributed by atoms with van der Waals surface area (Å²) in [6.45, 7) is 1.77. The normalized spacial score (nSPS) is 19.0. The fourth-order valence-corrected chi connectivity index (χ4v) is 4.61. The summed E-state index contributed by atoms with van der Waals surface area (Å²) in [5, 5.41) is 10.4. The van der Waals surface area contributed by atoms with Crippen molar-refractivity contribution in [3.05, 3.63) is 59.7 Å². The summed E-state index contributed by atoms with van der Waals surface area (Å²) in [6.07, 6.45) is 1.99. The van der Waals surface area contributed by atoms with Gasteiger partial charge in [0, 0.05) is 16.4 Å². The third kappa shape index (κ3) is 4.59. The number of ether oxygens (including phenoxy) is 1. The van der Waals surface area contributed by atoms with Gasteiger partial charge < -0.3 is 9.84 Å². The fourth-order valence-electron chi connectivity index (χ4n) is 3.08. The van der Waals surface area contributed by atoms with E-state index in [2.05, 4.69) is 4.99 Å². The highest BCUT2D eigenvalue weighted by atomic mass is 32.2. The molecule has 0 fully saturated rings. The number of thioether (sulfide) groups is 2. The molecule has 0 aromatic heterocycles. The number of carboxylic acids is 1. The van der Waals surface area contributed by atoms with Crippen LogP contribution in [0.4, 0.5) is 0 Å². The van der Waals surface area contributed by atoms with Crippen molar-refractivity contribution in [3.63, 3.8) is 0 Å². The predicted molar refractivity (Wildman–Crippen MR) is 117 cm³/mol. The van der Waals surface area contributed by atoms with Gasteiger partial charge in [-0.2, -0.15) is 0 Å². The van der Waals surface area contributed by atoms with Crippen molar-refractivity contribution in [2.75, 3.05) is 13.4 Å². The van der Waals surface area contributed by atoms with Gasteiger partial charge in [0.15, 0.2) is 5.17 Å². The van der Waals surface area contributed by atoms with E-state index in [0.29, 0.717) is 16.6 Å². The zero-order valence-electron chi connectivity index (χ0n) is 16.0. The summed E-state index contributed by atoms with van der Waals surface area (Å²) >= 11 is 3.11. The molecule has 7 heteroatoms. The molecule has 0 bridgehead atoms. The van der Waals surface area contributed by atoms with Crippen LogP contribution in [0.25, 0.3) is 0 Å². The van der Waals surface area contributed by atoms with E-state index in [9.17, 15) is 9.90 Å². The topological polar surface area (TPSA) is 71.2 Å². The number of rotatable bonds is 6. The van der Waals surface area contributed by atoms with Gasteiger partial charge in [-0.1, -0.05) is 42.1 Å². The van der Waals surface area contributed by atoms with Crippen molar-refractivity contribution < 1.29 is 14.6 Å². The van der Waals surface area contributed by atoms with E-state index < -0.39 is 17.9 Å². The third-order valence-corrected chi connectivity index (χ3v) is 6.28. The molecule has 0 aliphatic carbocycles. The summed E-state index contributed by atoms with van der Waals surface area (Å²) in [5.74, 6) is -0.131. The second kappa shape index (κ2) is 9.30. The molecule has 2 unspecified atom stereocenters. The second-order valence-corrected chi connectivity index (χ2v) is 8.09. The van der Waals surface area contributed by atoms with Crippen molar-refractivity contribution in [2.45, 2.75) is 23.6 Å². The number of aliphatic carboxylic acids is 1. The van der Waals surface area contributed by atoms with Gasteiger partial charge in [0.05, 0.1) is 13.2 Å². The maximum atomic E-state index is 11.9. The van der Waals surface area contributed by atoms with Gasteiger partial charge >= 0.3 is 5.97 Å². The summed E-state index contributed by atoms with van der Waals surface area (Å²) < 4.78 is 5.19. The Labute approximate surface area is 173 Å². The SMILES string of the molecule is COc1ccc(CSC2=NC(c3ccccc3SC)C(C(=O)O)C(C)=N2)cc1. The van der Waals surface area contributed by atoms with Gasteiger partial charge in [-0.3, -0.25) is 9.79 Å². The van der Waals surface area contributed by atoms with Crippen molar-refractivity contribution in [3.8, 4) is 5.75 Å². The number of hydrogen-bond donors (Lipinski definition) is 1. The van der Waals surface area contributed by atoms with Crippen molar-refractivity contribution >= 4 is 40.4 Å². The Bertz CT molecular complexity index is 910. The van der Waals surface area contributed by atoms with Crippen LogP contribution in [0.5, 0.6) is 5.75 Å². The molecule has 2 atom stereocenters. The molecule has 0 radical (unpaired) electrons. The quantitative estimate of drug-likeness (QED) is 0.679. The number of benzene rings is 2. The van der Waals surface area contributed by atoms with Crippen molar-refractivity contribution in [1.82, 2.24) is 0 Å². The molecule has 0 amide bonds. The minimum Gasteiger partial charge on any atom is -0.497 e. The Hall–Kier alpha value is -2.25. The average molecular weight is 415 g/mol. The standard InChI is InChI=1S/C21H22N2O3S2/c1-13-18(20(24)25)19(16-6-4-5-7-17(16)27-3)23-21(22-13)28-12-14-8-10-15(26-2)11-9-14/h4-11,18-19H,12H2,1-3H3,(H,24,25). The van der Waals surface area contributed by atoms with Gasteiger partial charge in [-0.15, -0.1) is 11.8 Å². The lowest BCUT2D eigenvalue weighted by Crippen LogP contribution is -2.31. The molecular formula is C21H22N2O3S2.